The number of nitrogens with one attached hydrogen (secondary N) is 1. The predicted octanol–water partition coefficient (Wildman–Crippen LogP) is 2.10. The van der Waals surface area contributed by atoms with Crippen LogP contribution in [0.5, 0.6) is 0 Å². The number of carbonyl (C=O) groups is 2. The molecule has 0 aliphatic heterocycles. The highest BCUT2D eigenvalue weighted by Crippen LogP contribution is 2.18. The van der Waals surface area contributed by atoms with E-state index in [0.717, 1.165) is 11.1 Å². The number of benzene rings is 2. The van der Waals surface area contributed by atoms with E-state index in [1.165, 1.54) is 0 Å². The van der Waals surface area contributed by atoms with Crippen LogP contribution in [0.4, 0.5) is 0 Å². The molecule has 2 rings (SSSR count). The van der Waals surface area contributed by atoms with Gasteiger partial charge in [0, 0.05) is 19.6 Å². The van der Waals surface area contributed by atoms with Gasteiger partial charge in [-0.05, 0) is 11.1 Å². The van der Waals surface area contributed by atoms with Gasteiger partial charge in [0.05, 0.1) is 12.5 Å². The molecule has 0 fully saturated rings. The number of likely N-dealkylation sites (N-methyl/N-ethyl adjacent to an activating group) is 1. The number of carbonyl (C=O) groups excluding carboxylic acids is 2. The van der Waals surface area contributed by atoms with Crippen molar-refractivity contribution >= 4 is 11.8 Å². The molecular weight excluding hydrogens is 314 g/mol. The van der Waals surface area contributed by atoms with Crippen molar-refractivity contribution in [3.05, 3.63) is 71.8 Å². The van der Waals surface area contributed by atoms with Crippen LogP contribution >= 0.6 is 0 Å². The van der Waals surface area contributed by atoms with Gasteiger partial charge in [-0.1, -0.05) is 67.6 Å². The Balaban J connectivity index is 1.83. The van der Waals surface area contributed by atoms with Crippen LogP contribution < -0.4 is 11.1 Å². The molecule has 2 aromatic carbocycles. The average Bonchev–Trinajstić information content (AvgIpc) is 2.66. The molecule has 2 atom stereocenters. The van der Waals surface area contributed by atoms with Crippen molar-refractivity contribution in [2.75, 3.05) is 13.6 Å². The molecule has 2 unspecified atom stereocenters. The van der Waals surface area contributed by atoms with Crippen LogP contribution in [-0.4, -0.2) is 30.3 Å². The Morgan fingerprint density at radius 3 is 2.20 bits per heavy atom. The highest BCUT2D eigenvalue weighted by molar-refractivity contribution is 5.86. The van der Waals surface area contributed by atoms with Gasteiger partial charge in [0.15, 0.2) is 0 Å². The lowest BCUT2D eigenvalue weighted by Crippen LogP contribution is -2.41. The topological polar surface area (TPSA) is 75.4 Å². The van der Waals surface area contributed by atoms with Crippen LogP contribution in [0.3, 0.4) is 0 Å². The van der Waals surface area contributed by atoms with Crippen LogP contribution in [-0.2, 0) is 16.1 Å². The van der Waals surface area contributed by atoms with Crippen molar-refractivity contribution in [2.24, 2.45) is 11.7 Å². The summed E-state index contributed by atoms with van der Waals surface area (Å²) in [6.07, 6.45) is 0. The summed E-state index contributed by atoms with van der Waals surface area (Å²) in [4.78, 5) is 26.1. The fraction of sp³-hybridized carbons (Fsp3) is 0.300. The smallest absolute Gasteiger partial charge is 0.242 e. The molecule has 132 valence electrons. The Hall–Kier alpha value is -2.66. The van der Waals surface area contributed by atoms with Gasteiger partial charge >= 0.3 is 0 Å². The van der Waals surface area contributed by atoms with Crippen LogP contribution in [0.2, 0.25) is 0 Å². The number of amides is 2. The second-order valence-corrected chi connectivity index (χ2v) is 6.18. The number of nitrogens with two attached hydrogens (primary N) is 1. The molecule has 5 heteroatoms. The Kier molecular flexibility index (Phi) is 6.71. The van der Waals surface area contributed by atoms with Gasteiger partial charge in [0.25, 0.3) is 0 Å². The molecule has 2 amide bonds. The second-order valence-electron chi connectivity index (χ2n) is 6.18. The van der Waals surface area contributed by atoms with Crippen molar-refractivity contribution in [3.63, 3.8) is 0 Å². The van der Waals surface area contributed by atoms with Gasteiger partial charge in [-0.2, -0.15) is 0 Å². The van der Waals surface area contributed by atoms with Gasteiger partial charge in [0.1, 0.15) is 0 Å². The molecule has 3 N–H and O–H groups in total. The molecule has 0 aliphatic rings. The van der Waals surface area contributed by atoms with E-state index in [4.69, 9.17) is 5.73 Å². The second kappa shape index (κ2) is 8.99. The summed E-state index contributed by atoms with van der Waals surface area (Å²) in [5, 5.41) is 2.69. The molecular formula is C20H25N3O2. The van der Waals surface area contributed by atoms with Crippen LogP contribution in [0.25, 0.3) is 0 Å². The lowest BCUT2D eigenvalue weighted by atomic mass is 9.95. The molecule has 2 aromatic rings. The number of nitrogens with zero attached hydrogens (tertiary/aromatic N) is 1. The summed E-state index contributed by atoms with van der Waals surface area (Å²) < 4.78 is 0. The maximum atomic E-state index is 12.3. The predicted molar refractivity (Wildman–Crippen MR) is 98.5 cm³/mol. The zero-order chi connectivity index (χ0) is 18.2. The minimum absolute atomic E-state index is 0.0337. The van der Waals surface area contributed by atoms with Gasteiger partial charge in [0.2, 0.25) is 11.8 Å². The molecule has 25 heavy (non-hydrogen) atoms. The van der Waals surface area contributed by atoms with Crippen molar-refractivity contribution in [2.45, 2.75) is 19.5 Å². The highest BCUT2D eigenvalue weighted by atomic mass is 16.2. The third-order valence-electron chi connectivity index (χ3n) is 4.24. The Morgan fingerprint density at radius 1 is 1.04 bits per heavy atom. The fourth-order valence-electron chi connectivity index (χ4n) is 2.53. The first kappa shape index (κ1) is 18.7. The first-order chi connectivity index (χ1) is 12.0. The molecule has 0 aromatic heterocycles. The molecule has 0 bridgehead atoms. The maximum Gasteiger partial charge on any atom is 0.242 e. The van der Waals surface area contributed by atoms with Gasteiger partial charge in [-0.15, -0.1) is 0 Å². The minimum atomic E-state index is -0.422. The molecule has 0 radical (unpaired) electrons. The summed E-state index contributed by atoms with van der Waals surface area (Å²) in [7, 11) is 1.72. The van der Waals surface area contributed by atoms with Crippen molar-refractivity contribution < 1.29 is 9.59 Å². The number of hydrogen-bond acceptors (Lipinski definition) is 3. The summed E-state index contributed by atoms with van der Waals surface area (Å²) >= 11 is 0. The lowest BCUT2D eigenvalue weighted by Gasteiger charge is -2.21. The van der Waals surface area contributed by atoms with E-state index in [1.54, 1.807) is 18.9 Å². The summed E-state index contributed by atoms with van der Waals surface area (Å²) in [6.45, 7) is 2.24. The molecule has 0 aliphatic carbocycles. The van der Waals surface area contributed by atoms with Gasteiger partial charge in [-0.3, -0.25) is 9.59 Å². The summed E-state index contributed by atoms with van der Waals surface area (Å²) in [5.41, 5.74) is 8.10. The standard InChI is InChI=1S/C20H25N3O2/c1-15(19(21)17-11-7-4-8-12-17)20(25)22-13-18(24)23(2)14-16-9-5-3-6-10-16/h3-12,15,19H,13-14,21H2,1-2H3,(H,22,25). The average molecular weight is 339 g/mol. The van der Waals surface area contributed by atoms with E-state index in [0.29, 0.717) is 6.54 Å². The fourth-order valence-corrected chi connectivity index (χ4v) is 2.53. The Morgan fingerprint density at radius 2 is 1.60 bits per heavy atom. The zero-order valence-electron chi connectivity index (χ0n) is 14.7. The van der Waals surface area contributed by atoms with Crippen molar-refractivity contribution in [3.8, 4) is 0 Å². The van der Waals surface area contributed by atoms with Gasteiger partial charge < -0.3 is 16.0 Å². The Labute approximate surface area is 148 Å². The van der Waals surface area contributed by atoms with Crippen LogP contribution in [0.1, 0.15) is 24.1 Å². The van der Waals surface area contributed by atoms with E-state index in [2.05, 4.69) is 5.32 Å². The number of rotatable bonds is 7. The minimum Gasteiger partial charge on any atom is -0.347 e. The molecule has 0 saturated heterocycles. The maximum absolute atomic E-state index is 12.3. The summed E-state index contributed by atoms with van der Waals surface area (Å²) in [6, 6.07) is 18.8. The normalized spacial score (nSPS) is 12.9. The molecule has 0 heterocycles. The highest BCUT2D eigenvalue weighted by Gasteiger charge is 2.22. The van der Waals surface area contributed by atoms with E-state index in [1.807, 2.05) is 60.7 Å². The molecule has 5 nitrogen and oxygen atoms in total. The molecule has 0 spiro atoms. The Bertz CT molecular complexity index is 689. The summed E-state index contributed by atoms with van der Waals surface area (Å²) in [5.74, 6) is -0.787. The van der Waals surface area contributed by atoms with Crippen LogP contribution in [0, 0.1) is 5.92 Å². The third-order valence-corrected chi connectivity index (χ3v) is 4.24. The number of hydrogen-bond donors (Lipinski definition) is 2. The van der Waals surface area contributed by atoms with E-state index in [-0.39, 0.29) is 18.4 Å². The largest absolute Gasteiger partial charge is 0.347 e. The van der Waals surface area contributed by atoms with E-state index in [9.17, 15) is 9.59 Å². The first-order valence-electron chi connectivity index (χ1n) is 8.35. The van der Waals surface area contributed by atoms with Crippen molar-refractivity contribution in [1.29, 1.82) is 0 Å². The third kappa shape index (κ3) is 5.43. The van der Waals surface area contributed by atoms with Crippen LogP contribution in [0.15, 0.2) is 60.7 Å². The van der Waals surface area contributed by atoms with E-state index >= 15 is 0 Å². The first-order valence-corrected chi connectivity index (χ1v) is 8.35. The van der Waals surface area contributed by atoms with Crippen molar-refractivity contribution in [1.82, 2.24) is 10.2 Å². The SMILES string of the molecule is CC(C(=O)NCC(=O)N(C)Cc1ccccc1)C(N)c1ccccc1. The van der Waals surface area contributed by atoms with E-state index < -0.39 is 12.0 Å². The quantitative estimate of drug-likeness (QED) is 0.811. The monoisotopic (exact) mass is 339 g/mol. The zero-order valence-corrected chi connectivity index (χ0v) is 14.7. The molecule has 0 saturated carbocycles. The van der Waals surface area contributed by atoms with Gasteiger partial charge in [-0.25, -0.2) is 0 Å². The lowest BCUT2D eigenvalue weighted by molar-refractivity contribution is -0.133.